The van der Waals surface area contributed by atoms with E-state index in [-0.39, 0.29) is 30.0 Å². The van der Waals surface area contributed by atoms with Gasteiger partial charge in [-0.3, -0.25) is 9.69 Å². The van der Waals surface area contributed by atoms with E-state index in [1.165, 1.54) is 11.8 Å². The van der Waals surface area contributed by atoms with Crippen LogP contribution in [0.4, 0.5) is 22.0 Å². The summed E-state index contributed by atoms with van der Waals surface area (Å²) in [5.41, 5.74) is 1.90. The largest absolute Gasteiger partial charge is 0.444 e. The first-order chi connectivity index (χ1) is 17.0. The number of hydrogen-bond acceptors (Lipinski definition) is 6. The molecule has 2 aliphatic heterocycles. The van der Waals surface area contributed by atoms with Crippen LogP contribution < -0.4 is 15.1 Å². The number of rotatable bonds is 3. The summed E-state index contributed by atoms with van der Waals surface area (Å²) in [5.74, 6) is 0.332. The van der Waals surface area contributed by atoms with Gasteiger partial charge >= 0.3 is 6.09 Å². The maximum atomic E-state index is 12.6. The van der Waals surface area contributed by atoms with Crippen LogP contribution >= 0.6 is 0 Å². The van der Waals surface area contributed by atoms with Crippen molar-refractivity contribution in [1.82, 2.24) is 9.88 Å². The quantitative estimate of drug-likeness (QED) is 0.634. The molecule has 0 saturated carbocycles. The van der Waals surface area contributed by atoms with Gasteiger partial charge in [-0.2, -0.15) is 0 Å². The molecule has 2 amide bonds. The van der Waals surface area contributed by atoms with Crippen LogP contribution in [-0.4, -0.2) is 64.5 Å². The zero-order valence-electron chi connectivity index (χ0n) is 22.0. The fourth-order valence-electron chi connectivity index (χ4n) is 5.01. The van der Waals surface area contributed by atoms with Crippen LogP contribution in [0.15, 0.2) is 42.5 Å². The Hall–Kier alpha value is -3.17. The van der Waals surface area contributed by atoms with Crippen LogP contribution in [0, 0.1) is 5.92 Å². The maximum Gasteiger partial charge on any atom is 0.410 e. The highest BCUT2D eigenvalue weighted by Gasteiger charge is 2.43. The third-order valence-electron chi connectivity index (χ3n) is 6.85. The Morgan fingerprint density at radius 2 is 1.78 bits per heavy atom. The van der Waals surface area contributed by atoms with Gasteiger partial charge in [-0.25, -0.2) is 9.78 Å². The van der Waals surface area contributed by atoms with Crippen molar-refractivity contribution >= 4 is 29.2 Å². The highest BCUT2D eigenvalue weighted by atomic mass is 16.6. The van der Waals surface area contributed by atoms with E-state index < -0.39 is 11.8 Å². The number of carbonyl (C=O) groups is 2. The number of amides is 2. The molecular formula is C27H38N5O4+. The third-order valence-corrected chi connectivity index (χ3v) is 6.85. The minimum Gasteiger partial charge on any atom is -0.444 e. The average Bonchev–Trinajstić information content (AvgIpc) is 2.81. The Morgan fingerprint density at radius 1 is 1.08 bits per heavy atom. The van der Waals surface area contributed by atoms with E-state index in [1.54, 1.807) is 4.90 Å². The average molecular weight is 497 g/mol. The molecule has 9 nitrogen and oxygen atoms in total. The zero-order chi connectivity index (χ0) is 26.2. The van der Waals surface area contributed by atoms with Gasteiger partial charge in [-0.15, -0.1) is 0 Å². The number of aromatic nitrogens is 1. The monoisotopic (exact) mass is 496 g/mol. The Labute approximate surface area is 213 Å². The summed E-state index contributed by atoms with van der Waals surface area (Å²) in [4.78, 5) is 35.5. The Kier molecular flexibility index (Phi) is 7.24. The summed E-state index contributed by atoms with van der Waals surface area (Å²) >= 11 is 0. The fraction of sp³-hybridized carbons (Fsp3) is 0.519. The lowest BCUT2D eigenvalue weighted by atomic mass is 9.89. The van der Waals surface area contributed by atoms with E-state index in [4.69, 9.17) is 9.72 Å². The van der Waals surface area contributed by atoms with Crippen LogP contribution in [0.25, 0.3) is 0 Å². The lowest BCUT2D eigenvalue weighted by molar-refractivity contribution is -0.629. The molecule has 9 heteroatoms. The number of nitrogens with zero attached hydrogens (tertiary/aromatic N) is 4. The molecule has 1 aromatic carbocycles. The normalized spacial score (nSPS) is 24.4. The van der Waals surface area contributed by atoms with Crippen molar-refractivity contribution in [1.29, 1.82) is 0 Å². The molecule has 0 spiro atoms. The Morgan fingerprint density at radius 3 is 2.39 bits per heavy atom. The van der Waals surface area contributed by atoms with Gasteiger partial charge in [0.15, 0.2) is 0 Å². The molecule has 0 radical (unpaired) electrons. The van der Waals surface area contributed by atoms with Gasteiger partial charge in [0, 0.05) is 32.6 Å². The highest BCUT2D eigenvalue weighted by Crippen LogP contribution is 2.39. The molecular weight excluding hydrogens is 458 g/mol. The minimum absolute atomic E-state index is 0.0485. The summed E-state index contributed by atoms with van der Waals surface area (Å²) in [6.07, 6.45) is -1.24. The molecule has 4 atom stereocenters. The van der Waals surface area contributed by atoms with Crippen molar-refractivity contribution in [3.05, 3.63) is 48.2 Å². The number of ether oxygens (including phenoxy) is 1. The van der Waals surface area contributed by atoms with Crippen molar-refractivity contribution in [3.8, 4) is 0 Å². The van der Waals surface area contributed by atoms with E-state index in [0.717, 1.165) is 17.2 Å². The fourth-order valence-corrected chi connectivity index (χ4v) is 5.01. The van der Waals surface area contributed by atoms with Crippen LogP contribution in [-0.2, 0) is 9.53 Å². The molecule has 36 heavy (non-hydrogen) atoms. The number of quaternary nitrogens is 1. The van der Waals surface area contributed by atoms with Crippen molar-refractivity contribution in [2.24, 2.45) is 5.92 Å². The SMILES string of the molecule is CC(=O)N1c2ccc(N3CCN(C(=O)OC(C)(C)C)C(C)C3)nc2C([NH2+]c2ccccc2)C(C)C1O. The number of anilines is 2. The molecule has 194 valence electrons. The predicted octanol–water partition coefficient (Wildman–Crippen LogP) is 2.78. The Balaban J connectivity index is 1.62. The number of carbonyl (C=O) groups excluding carboxylic acids is 2. The molecule has 0 bridgehead atoms. The number of pyridine rings is 1. The number of para-hydroxylation sites is 1. The lowest BCUT2D eigenvalue weighted by Crippen LogP contribution is -2.82. The molecule has 4 unspecified atom stereocenters. The first-order valence-electron chi connectivity index (χ1n) is 12.6. The molecule has 1 aromatic heterocycles. The van der Waals surface area contributed by atoms with Crippen molar-refractivity contribution < 1.29 is 24.7 Å². The molecule has 4 rings (SSSR count). The molecule has 2 aliphatic rings. The van der Waals surface area contributed by atoms with Gasteiger partial charge in [0.25, 0.3) is 0 Å². The first-order valence-corrected chi connectivity index (χ1v) is 12.6. The Bertz CT molecular complexity index is 1100. The van der Waals surface area contributed by atoms with Gasteiger partial charge in [0.2, 0.25) is 5.91 Å². The van der Waals surface area contributed by atoms with Gasteiger partial charge in [0.05, 0.1) is 11.6 Å². The second-order valence-corrected chi connectivity index (χ2v) is 10.8. The van der Waals surface area contributed by atoms with E-state index >= 15 is 0 Å². The van der Waals surface area contributed by atoms with Gasteiger partial charge in [-0.05, 0) is 52.0 Å². The zero-order valence-corrected chi connectivity index (χ0v) is 22.0. The summed E-state index contributed by atoms with van der Waals surface area (Å²) < 4.78 is 5.58. The number of nitrogens with two attached hydrogens (primary N) is 1. The number of aliphatic hydroxyl groups excluding tert-OH is 1. The standard InChI is InChI=1S/C27H37N5O4/c1-17-16-30(14-15-31(17)26(35)36-27(4,5)6)22-13-12-21-24(29-22)23(28-20-10-8-7-9-11-20)18(2)25(34)32(21)19(3)33/h7-13,17-18,23,25,28,34H,14-16H2,1-6H3/p+1. The van der Waals surface area contributed by atoms with E-state index in [1.807, 2.05) is 77.1 Å². The van der Waals surface area contributed by atoms with Crippen molar-refractivity contribution in [2.45, 2.75) is 65.5 Å². The topological polar surface area (TPSA) is 103 Å². The summed E-state index contributed by atoms with van der Waals surface area (Å²) in [6, 6.07) is 13.5. The number of fused-ring (bicyclic) bond motifs is 1. The van der Waals surface area contributed by atoms with Crippen molar-refractivity contribution in [2.75, 3.05) is 29.4 Å². The first kappa shape index (κ1) is 25.9. The van der Waals surface area contributed by atoms with Gasteiger partial charge < -0.3 is 25.0 Å². The second-order valence-electron chi connectivity index (χ2n) is 10.8. The third kappa shape index (κ3) is 5.32. The second kappa shape index (κ2) is 10.1. The van der Waals surface area contributed by atoms with E-state index in [0.29, 0.717) is 25.3 Å². The number of piperazine rings is 1. The molecule has 1 fully saturated rings. The lowest BCUT2D eigenvalue weighted by Gasteiger charge is -2.42. The highest BCUT2D eigenvalue weighted by molar-refractivity contribution is 5.93. The van der Waals surface area contributed by atoms with Crippen LogP contribution in [0.2, 0.25) is 0 Å². The van der Waals surface area contributed by atoms with Gasteiger partial charge in [0.1, 0.15) is 35.1 Å². The van der Waals surface area contributed by atoms with E-state index in [9.17, 15) is 14.7 Å². The van der Waals surface area contributed by atoms with Crippen LogP contribution in [0.5, 0.6) is 0 Å². The number of aliphatic hydroxyl groups is 1. The molecule has 2 aromatic rings. The van der Waals surface area contributed by atoms with E-state index in [2.05, 4.69) is 10.2 Å². The molecule has 0 aliphatic carbocycles. The van der Waals surface area contributed by atoms with Gasteiger partial charge in [-0.1, -0.05) is 25.1 Å². The van der Waals surface area contributed by atoms with Crippen LogP contribution in [0.1, 0.15) is 53.3 Å². The summed E-state index contributed by atoms with van der Waals surface area (Å²) in [6.45, 7) is 12.8. The maximum absolute atomic E-state index is 12.6. The predicted molar refractivity (Wildman–Crippen MR) is 138 cm³/mol. The molecule has 1 saturated heterocycles. The summed E-state index contributed by atoms with van der Waals surface area (Å²) in [5, 5.41) is 13.1. The number of hydrogen-bond donors (Lipinski definition) is 2. The van der Waals surface area contributed by atoms with Crippen LogP contribution in [0.3, 0.4) is 0 Å². The number of benzene rings is 1. The molecule has 3 heterocycles. The molecule has 3 N–H and O–H groups in total. The summed E-state index contributed by atoms with van der Waals surface area (Å²) in [7, 11) is 0. The van der Waals surface area contributed by atoms with Crippen molar-refractivity contribution in [3.63, 3.8) is 0 Å². The smallest absolute Gasteiger partial charge is 0.410 e. The minimum atomic E-state index is -0.940.